The molecule has 1 rings (SSSR count). The van der Waals surface area contributed by atoms with Crippen LogP contribution in [0.1, 0.15) is 0 Å². The highest BCUT2D eigenvalue weighted by atomic mass is 35.5. The van der Waals surface area contributed by atoms with Crippen LogP contribution in [0.4, 0.5) is 0 Å². The lowest BCUT2D eigenvalue weighted by atomic mass is 10.8. The average molecular weight is 234 g/mol. The summed E-state index contributed by atoms with van der Waals surface area (Å²) in [5, 5.41) is 1.03. The third-order valence-electron chi connectivity index (χ3n) is 1.17. The molecule has 0 N–H and O–H groups in total. The van der Waals surface area contributed by atoms with Gasteiger partial charge in [-0.05, 0) is 11.8 Å². The Hall–Kier alpha value is -0.390. The molecule has 0 atom stereocenters. The van der Waals surface area contributed by atoms with E-state index in [1.54, 1.807) is 12.4 Å². The fourth-order valence-electron chi connectivity index (χ4n) is 0.551. The van der Waals surface area contributed by atoms with E-state index in [0.29, 0.717) is 14.5 Å². The van der Waals surface area contributed by atoms with Crippen molar-refractivity contribution in [2.24, 2.45) is 0 Å². The molecule has 1 heterocycles. The summed E-state index contributed by atoms with van der Waals surface area (Å²) in [5.74, 6) is 0. The molecule has 1 aromatic heterocycles. The van der Waals surface area contributed by atoms with Crippen LogP contribution < -0.4 is 0 Å². The molecule has 0 aliphatic carbocycles. The first-order valence-electron chi connectivity index (χ1n) is 3.47. The SMILES string of the molecule is CN(C)C(=S)Sc1nccnc1Cl. The Kier molecular flexibility index (Phi) is 3.90. The maximum absolute atomic E-state index is 5.80. The number of hydrogen-bond donors (Lipinski definition) is 0. The average Bonchev–Trinajstić information content (AvgIpc) is 2.08. The highest BCUT2D eigenvalue weighted by Crippen LogP contribution is 2.23. The van der Waals surface area contributed by atoms with Crippen LogP contribution in [0.3, 0.4) is 0 Å². The van der Waals surface area contributed by atoms with Crippen molar-refractivity contribution in [1.29, 1.82) is 0 Å². The summed E-state index contributed by atoms with van der Waals surface area (Å²) in [6.07, 6.45) is 3.14. The molecule has 1 aromatic rings. The largest absolute Gasteiger partial charge is 0.363 e. The topological polar surface area (TPSA) is 29.0 Å². The Labute approximate surface area is 91.5 Å². The van der Waals surface area contributed by atoms with Crippen LogP contribution in [0.15, 0.2) is 17.4 Å². The van der Waals surface area contributed by atoms with Gasteiger partial charge in [0.2, 0.25) is 0 Å². The Bertz CT molecular complexity index is 316. The second kappa shape index (κ2) is 4.74. The number of thiocarbonyl (C=S) groups is 1. The van der Waals surface area contributed by atoms with Gasteiger partial charge in [-0.25, -0.2) is 9.97 Å². The van der Waals surface area contributed by atoms with Crippen molar-refractivity contribution < 1.29 is 0 Å². The molecule has 6 heteroatoms. The highest BCUT2D eigenvalue weighted by molar-refractivity contribution is 8.22. The first kappa shape index (κ1) is 10.7. The molecule has 0 aromatic carbocycles. The van der Waals surface area contributed by atoms with Crippen molar-refractivity contribution in [3.63, 3.8) is 0 Å². The Morgan fingerprint density at radius 2 is 2.08 bits per heavy atom. The van der Waals surface area contributed by atoms with E-state index in [9.17, 15) is 0 Å². The lowest BCUT2D eigenvalue weighted by Crippen LogP contribution is -2.16. The number of nitrogens with zero attached hydrogens (tertiary/aromatic N) is 3. The van der Waals surface area contributed by atoms with Crippen molar-refractivity contribution >= 4 is 39.9 Å². The third kappa shape index (κ3) is 3.10. The predicted octanol–water partition coefficient (Wildman–Crippen LogP) is 2.07. The van der Waals surface area contributed by atoms with Gasteiger partial charge in [0.25, 0.3) is 0 Å². The van der Waals surface area contributed by atoms with Gasteiger partial charge >= 0.3 is 0 Å². The maximum atomic E-state index is 5.80. The lowest BCUT2D eigenvalue weighted by molar-refractivity contribution is 0.648. The number of aromatic nitrogens is 2. The number of halogens is 1. The van der Waals surface area contributed by atoms with Crippen LogP contribution in [0.5, 0.6) is 0 Å². The smallest absolute Gasteiger partial charge is 0.161 e. The molecule has 0 saturated heterocycles. The number of hydrogen-bond acceptors (Lipinski definition) is 4. The molecule has 0 unspecified atom stereocenters. The summed E-state index contributed by atoms with van der Waals surface area (Å²) < 4.78 is 0.711. The van der Waals surface area contributed by atoms with Crippen molar-refractivity contribution in [2.45, 2.75) is 5.03 Å². The van der Waals surface area contributed by atoms with E-state index in [2.05, 4.69) is 9.97 Å². The van der Waals surface area contributed by atoms with Crippen LogP contribution in [0, 0.1) is 0 Å². The van der Waals surface area contributed by atoms with E-state index in [4.69, 9.17) is 23.8 Å². The molecule has 13 heavy (non-hydrogen) atoms. The van der Waals surface area contributed by atoms with E-state index in [-0.39, 0.29) is 0 Å². The van der Waals surface area contributed by atoms with E-state index < -0.39 is 0 Å². The lowest BCUT2D eigenvalue weighted by Gasteiger charge is -2.11. The zero-order valence-electron chi connectivity index (χ0n) is 7.19. The van der Waals surface area contributed by atoms with Gasteiger partial charge in [-0.1, -0.05) is 23.8 Å². The molecule has 0 aliphatic heterocycles. The molecule has 0 saturated carbocycles. The summed E-state index contributed by atoms with van der Waals surface area (Å²) >= 11 is 12.2. The highest BCUT2D eigenvalue weighted by Gasteiger charge is 2.07. The third-order valence-corrected chi connectivity index (χ3v) is 3.21. The van der Waals surface area contributed by atoms with Crippen molar-refractivity contribution in [1.82, 2.24) is 14.9 Å². The minimum Gasteiger partial charge on any atom is -0.363 e. The van der Waals surface area contributed by atoms with Gasteiger partial charge in [0.05, 0.1) is 0 Å². The second-order valence-corrected chi connectivity index (χ2v) is 4.40. The van der Waals surface area contributed by atoms with Gasteiger partial charge in [0.1, 0.15) is 9.35 Å². The molecule has 70 valence electrons. The fraction of sp³-hybridized carbons (Fsp3) is 0.286. The molecule has 0 spiro atoms. The second-order valence-electron chi connectivity index (χ2n) is 2.41. The van der Waals surface area contributed by atoms with Crippen LogP contribution in [-0.2, 0) is 0 Å². The first-order chi connectivity index (χ1) is 6.11. The van der Waals surface area contributed by atoms with Crippen molar-refractivity contribution in [3.8, 4) is 0 Å². The molecule has 0 aliphatic rings. The zero-order chi connectivity index (χ0) is 9.84. The van der Waals surface area contributed by atoms with E-state index in [1.165, 1.54) is 11.8 Å². The predicted molar refractivity (Wildman–Crippen MR) is 59.2 cm³/mol. The van der Waals surface area contributed by atoms with E-state index >= 15 is 0 Å². The fourth-order valence-corrected chi connectivity index (χ4v) is 1.61. The van der Waals surface area contributed by atoms with Crippen molar-refractivity contribution in [3.05, 3.63) is 17.5 Å². The summed E-state index contributed by atoms with van der Waals surface area (Å²) in [4.78, 5) is 9.77. The minimum atomic E-state index is 0.386. The summed E-state index contributed by atoms with van der Waals surface area (Å²) in [5.41, 5.74) is 0. The number of thioether (sulfide) groups is 1. The molecule has 0 amide bonds. The molecular formula is C7H8ClN3S2. The van der Waals surface area contributed by atoms with Crippen molar-refractivity contribution in [2.75, 3.05) is 14.1 Å². The Morgan fingerprint density at radius 1 is 1.46 bits per heavy atom. The van der Waals surface area contributed by atoms with Gasteiger partial charge in [0, 0.05) is 26.5 Å². The minimum absolute atomic E-state index is 0.386. The first-order valence-corrected chi connectivity index (χ1v) is 5.07. The normalized spacial score (nSPS) is 9.77. The monoisotopic (exact) mass is 233 g/mol. The van der Waals surface area contributed by atoms with Crippen LogP contribution in [0.2, 0.25) is 5.15 Å². The molecule has 0 bridgehead atoms. The Balaban J connectivity index is 2.75. The van der Waals surface area contributed by atoms with Gasteiger partial charge < -0.3 is 4.90 Å². The molecular weight excluding hydrogens is 226 g/mol. The van der Waals surface area contributed by atoms with Gasteiger partial charge in [-0.2, -0.15) is 0 Å². The van der Waals surface area contributed by atoms with Crippen LogP contribution in [0.25, 0.3) is 0 Å². The molecule has 0 radical (unpaired) electrons. The number of rotatable bonds is 1. The van der Waals surface area contributed by atoms with Gasteiger partial charge in [0.15, 0.2) is 5.15 Å². The van der Waals surface area contributed by atoms with Gasteiger partial charge in [-0.3, -0.25) is 0 Å². The Morgan fingerprint density at radius 3 is 2.62 bits per heavy atom. The van der Waals surface area contributed by atoms with E-state index in [0.717, 1.165) is 0 Å². The molecule has 3 nitrogen and oxygen atoms in total. The van der Waals surface area contributed by atoms with Gasteiger partial charge in [-0.15, -0.1) is 0 Å². The van der Waals surface area contributed by atoms with Crippen LogP contribution in [-0.4, -0.2) is 33.3 Å². The maximum Gasteiger partial charge on any atom is 0.161 e. The zero-order valence-corrected chi connectivity index (χ0v) is 9.58. The standard InChI is InChI=1S/C7H8ClN3S2/c1-11(2)7(12)13-6-5(8)9-3-4-10-6/h3-4H,1-2H3. The summed E-state index contributed by atoms with van der Waals surface area (Å²) in [7, 11) is 3.75. The molecule has 0 fully saturated rings. The quantitative estimate of drug-likeness (QED) is 0.547. The summed E-state index contributed by atoms with van der Waals surface area (Å²) in [6.45, 7) is 0. The van der Waals surface area contributed by atoms with Crippen LogP contribution >= 0.6 is 35.6 Å². The summed E-state index contributed by atoms with van der Waals surface area (Å²) in [6, 6.07) is 0. The van der Waals surface area contributed by atoms with E-state index in [1.807, 2.05) is 19.0 Å².